The number of hydrogen-bond donors (Lipinski definition) is 6. The third-order valence-corrected chi connectivity index (χ3v) is 14.4. The molecule has 19 heteroatoms. The van der Waals surface area contributed by atoms with E-state index in [1.165, 1.54) is 7.11 Å². The number of benzene rings is 1. The standard InChI is InChI=1S/C53H93N9O10/c1-13-37(6)47(61(10)52(67)45(35(2)3)59-51(66)46(36(4)5)60(8)9)43(69-11)33-44(63)62-27-17-20-42(62)48(70-12)38(7)49(64)58-41(32-39-18-15-14-16-19-39)50(65)55-25-28-71-30-31-72-29-26-56-53(68)57-34-40-21-23-54-24-22-40/h14-16,18-19,35-38,40-43,45-48,54H,13,17,20-34H2,1-12H3,(H,55,65)(H,58,64)(H,59,66)(H2,56,57,68)/p+1/t37-,38+,41-,42-,43+,45-,46-,47-,48+/m0/s1. The monoisotopic (exact) mass is 1020 g/mol. The number of likely N-dealkylation sites (tertiary alicyclic amines) is 1. The van der Waals surface area contributed by atoms with E-state index in [9.17, 15) is 28.8 Å². The van der Waals surface area contributed by atoms with Crippen molar-refractivity contribution in [2.24, 2.45) is 29.6 Å². The SMILES string of the molecule is CC[C@H](C)[C@@H]([C@@H](CC(=O)N1CCC[C@H]1[C@H](OC)[C@@H](C)C(=O)N[C@@H](Cc1ccccc1)C(=O)NCCOCCOCCNC(=O)NCC1CC[NH2+]CC1)OC)N(C)C(=O)[C@@H](NC(=O)[C@H](C(C)C)N(C)C)C(C)C. The lowest BCUT2D eigenvalue weighted by atomic mass is 9.89. The summed E-state index contributed by atoms with van der Waals surface area (Å²) in [6.45, 7) is 18.8. The first-order chi connectivity index (χ1) is 34.4. The molecule has 0 saturated carbocycles. The average Bonchev–Trinajstić information content (AvgIpc) is 3.84. The fraction of sp³-hybridized carbons (Fsp3) is 0.774. The lowest BCUT2D eigenvalue weighted by molar-refractivity contribution is -0.664. The zero-order valence-electron chi connectivity index (χ0n) is 45.8. The molecule has 2 aliphatic rings. The Hall–Kier alpha value is -4.40. The van der Waals surface area contributed by atoms with E-state index in [4.69, 9.17) is 18.9 Å². The van der Waals surface area contributed by atoms with Gasteiger partial charge in [-0.2, -0.15) is 0 Å². The Balaban J connectivity index is 1.60. The number of rotatable bonds is 32. The molecule has 410 valence electrons. The number of hydrogen-bond acceptors (Lipinski definition) is 11. The van der Waals surface area contributed by atoms with Gasteiger partial charge in [-0.15, -0.1) is 0 Å². The van der Waals surface area contributed by atoms with Crippen LogP contribution in [0.15, 0.2) is 30.3 Å². The number of amides is 7. The molecule has 7 N–H and O–H groups in total. The Bertz CT molecular complexity index is 1780. The Kier molecular flexibility index (Phi) is 28.1. The van der Waals surface area contributed by atoms with Gasteiger partial charge in [0.25, 0.3) is 0 Å². The number of methoxy groups -OCH3 is 2. The Morgan fingerprint density at radius 2 is 1.40 bits per heavy atom. The van der Waals surface area contributed by atoms with Crippen molar-refractivity contribution in [1.82, 2.24) is 41.3 Å². The number of nitrogens with one attached hydrogen (secondary N) is 5. The van der Waals surface area contributed by atoms with E-state index in [0.29, 0.717) is 64.6 Å². The van der Waals surface area contributed by atoms with Crippen LogP contribution in [0.5, 0.6) is 0 Å². The average molecular weight is 1020 g/mol. The van der Waals surface area contributed by atoms with Crippen LogP contribution in [0.3, 0.4) is 0 Å². The molecule has 2 heterocycles. The molecule has 1 aromatic rings. The number of nitrogens with two attached hydrogens (primary N) is 1. The Morgan fingerprint density at radius 3 is 1.97 bits per heavy atom. The molecule has 9 atom stereocenters. The van der Waals surface area contributed by atoms with Gasteiger partial charge in [-0.05, 0) is 56.2 Å². The van der Waals surface area contributed by atoms with E-state index in [2.05, 4.69) is 31.9 Å². The van der Waals surface area contributed by atoms with Crippen LogP contribution in [0, 0.1) is 29.6 Å². The predicted molar refractivity (Wildman–Crippen MR) is 278 cm³/mol. The molecular formula is C53H94N9O10+. The van der Waals surface area contributed by atoms with Crippen molar-refractivity contribution in [3.63, 3.8) is 0 Å². The first-order valence-corrected chi connectivity index (χ1v) is 26.6. The molecule has 1 aromatic carbocycles. The van der Waals surface area contributed by atoms with Gasteiger partial charge < -0.3 is 60.6 Å². The van der Waals surface area contributed by atoms with Gasteiger partial charge in [-0.3, -0.25) is 28.9 Å². The number of carbonyl (C=O) groups excluding carboxylic acids is 6. The second-order valence-electron chi connectivity index (χ2n) is 20.7. The molecule has 0 bridgehead atoms. The fourth-order valence-electron chi connectivity index (χ4n) is 10.2. The van der Waals surface area contributed by atoms with E-state index in [0.717, 1.165) is 31.5 Å². The molecule has 2 saturated heterocycles. The summed E-state index contributed by atoms with van der Waals surface area (Å²) in [7, 11) is 8.51. The molecule has 0 aromatic heterocycles. The van der Waals surface area contributed by atoms with Gasteiger partial charge in [0.1, 0.15) is 12.1 Å². The van der Waals surface area contributed by atoms with Crippen molar-refractivity contribution < 1.29 is 53.0 Å². The predicted octanol–water partition coefficient (Wildman–Crippen LogP) is 1.78. The minimum absolute atomic E-state index is 0.0153. The van der Waals surface area contributed by atoms with E-state index >= 15 is 0 Å². The summed E-state index contributed by atoms with van der Waals surface area (Å²) in [5.41, 5.74) is 0.870. The van der Waals surface area contributed by atoms with Crippen LogP contribution in [0.1, 0.15) is 92.6 Å². The topological polar surface area (TPSA) is 226 Å². The first kappa shape index (κ1) is 61.9. The van der Waals surface area contributed by atoms with Gasteiger partial charge in [0.05, 0.1) is 82.2 Å². The number of carbonyl (C=O) groups is 6. The van der Waals surface area contributed by atoms with Crippen LogP contribution in [0.4, 0.5) is 4.79 Å². The van der Waals surface area contributed by atoms with Crippen LogP contribution >= 0.6 is 0 Å². The molecule has 72 heavy (non-hydrogen) atoms. The number of nitrogens with zero attached hydrogens (tertiary/aromatic N) is 3. The summed E-state index contributed by atoms with van der Waals surface area (Å²) >= 11 is 0. The van der Waals surface area contributed by atoms with Gasteiger partial charge >= 0.3 is 6.03 Å². The maximum Gasteiger partial charge on any atom is 0.314 e. The lowest BCUT2D eigenvalue weighted by Crippen LogP contribution is -2.86. The highest BCUT2D eigenvalue weighted by molar-refractivity contribution is 5.91. The zero-order chi connectivity index (χ0) is 53.3. The van der Waals surface area contributed by atoms with Crippen molar-refractivity contribution in [1.29, 1.82) is 0 Å². The van der Waals surface area contributed by atoms with Crippen LogP contribution < -0.4 is 31.9 Å². The van der Waals surface area contributed by atoms with E-state index in [1.54, 1.807) is 30.9 Å². The smallest absolute Gasteiger partial charge is 0.314 e. The zero-order valence-corrected chi connectivity index (χ0v) is 45.8. The van der Waals surface area contributed by atoms with Gasteiger partial charge in [0.2, 0.25) is 29.5 Å². The molecule has 7 amide bonds. The summed E-state index contributed by atoms with van der Waals surface area (Å²) in [6.07, 6.45) is 3.14. The highest BCUT2D eigenvalue weighted by atomic mass is 16.5. The van der Waals surface area contributed by atoms with Crippen molar-refractivity contribution in [3.8, 4) is 0 Å². The van der Waals surface area contributed by atoms with Crippen LogP contribution in [0.25, 0.3) is 0 Å². The molecule has 19 nitrogen and oxygen atoms in total. The number of urea groups is 1. The molecule has 2 aliphatic heterocycles. The Labute approximate surface area is 431 Å². The molecule has 0 aliphatic carbocycles. The van der Waals surface area contributed by atoms with E-state index in [-0.39, 0.29) is 79.3 Å². The largest absolute Gasteiger partial charge is 0.379 e. The highest BCUT2D eigenvalue weighted by Crippen LogP contribution is 2.30. The third-order valence-electron chi connectivity index (χ3n) is 14.4. The summed E-state index contributed by atoms with van der Waals surface area (Å²) in [5.74, 6) is -1.84. The molecule has 0 unspecified atom stereocenters. The van der Waals surface area contributed by atoms with Crippen LogP contribution in [-0.2, 0) is 49.3 Å². The second kappa shape index (κ2) is 32.7. The summed E-state index contributed by atoms with van der Waals surface area (Å²) in [6, 6.07) is 6.23. The highest BCUT2D eigenvalue weighted by Gasteiger charge is 2.43. The number of likely N-dealkylation sites (N-methyl/N-ethyl adjacent to an activating group) is 2. The molecular weight excluding hydrogens is 923 g/mol. The van der Waals surface area contributed by atoms with Crippen LogP contribution in [0.2, 0.25) is 0 Å². The molecule has 0 spiro atoms. The minimum Gasteiger partial charge on any atom is -0.379 e. The van der Waals surface area contributed by atoms with Crippen LogP contribution in [-0.4, -0.2) is 194 Å². The molecule has 0 radical (unpaired) electrons. The van der Waals surface area contributed by atoms with Crippen molar-refractivity contribution in [2.75, 3.05) is 101 Å². The third kappa shape index (κ3) is 19.8. The molecule has 3 rings (SSSR count). The molecule has 2 fully saturated rings. The van der Waals surface area contributed by atoms with Gasteiger partial charge in [-0.25, -0.2) is 4.79 Å². The Morgan fingerprint density at radius 1 is 0.764 bits per heavy atom. The normalized spacial score (nSPS) is 18.7. The summed E-state index contributed by atoms with van der Waals surface area (Å²) in [4.78, 5) is 87.6. The van der Waals surface area contributed by atoms with Crippen molar-refractivity contribution >= 4 is 35.6 Å². The van der Waals surface area contributed by atoms with Gasteiger partial charge in [0.15, 0.2) is 0 Å². The number of ether oxygens (including phenoxy) is 4. The van der Waals surface area contributed by atoms with Gasteiger partial charge in [0, 0.05) is 66.7 Å². The van der Waals surface area contributed by atoms with Gasteiger partial charge in [-0.1, -0.05) is 85.2 Å². The first-order valence-electron chi connectivity index (χ1n) is 26.6. The maximum absolute atomic E-state index is 14.5. The number of piperidine rings is 1. The lowest BCUT2D eigenvalue weighted by Gasteiger charge is -2.41. The van der Waals surface area contributed by atoms with E-state index in [1.807, 2.05) is 90.9 Å². The second-order valence-corrected chi connectivity index (χ2v) is 20.7. The van der Waals surface area contributed by atoms with Crippen molar-refractivity contribution in [3.05, 3.63) is 35.9 Å². The summed E-state index contributed by atoms with van der Waals surface area (Å²) < 4.78 is 23.4. The number of quaternary nitrogens is 1. The van der Waals surface area contributed by atoms with E-state index < -0.39 is 48.3 Å². The van der Waals surface area contributed by atoms with Crippen molar-refractivity contribution in [2.45, 2.75) is 136 Å². The minimum atomic E-state index is -0.900. The fourth-order valence-corrected chi connectivity index (χ4v) is 10.2. The summed E-state index contributed by atoms with van der Waals surface area (Å²) in [5, 5.41) is 17.0. The maximum atomic E-state index is 14.5. The quantitative estimate of drug-likeness (QED) is 0.0571.